The molecule has 0 saturated carbocycles. The van der Waals surface area contributed by atoms with Gasteiger partial charge in [-0.2, -0.15) is 0 Å². The summed E-state index contributed by atoms with van der Waals surface area (Å²) in [4.78, 5) is 42.1. The Hall–Kier alpha value is -0.990. The van der Waals surface area contributed by atoms with Crippen molar-refractivity contribution in [2.75, 3.05) is 7.05 Å². The third-order valence-electron chi connectivity index (χ3n) is 1.33. The lowest BCUT2D eigenvalue weighted by molar-refractivity contribution is -0.139. The van der Waals surface area contributed by atoms with E-state index in [0.717, 1.165) is 0 Å². The van der Waals surface area contributed by atoms with Gasteiger partial charge >= 0.3 is 13.8 Å². The first kappa shape index (κ1) is 17.4. The van der Waals surface area contributed by atoms with Crippen molar-refractivity contribution in [3.05, 3.63) is 0 Å². The number of hydrogen-bond acceptors (Lipinski definition) is 4. The molecule has 0 aliphatic heterocycles. The van der Waals surface area contributed by atoms with E-state index < -0.39 is 25.7 Å². The second kappa shape index (κ2) is 8.20. The Morgan fingerprint density at radius 1 is 1.38 bits per heavy atom. The van der Waals surface area contributed by atoms with Gasteiger partial charge in [-0.15, -0.1) is 0 Å². The number of nitrogens with two attached hydrogens (primary N) is 1. The number of rotatable bonds is 5. The van der Waals surface area contributed by atoms with Crippen LogP contribution in [-0.4, -0.2) is 44.8 Å². The van der Waals surface area contributed by atoms with E-state index in [0.29, 0.717) is 0 Å². The summed E-state index contributed by atoms with van der Waals surface area (Å²) in [5, 5.41) is 11.0. The van der Waals surface area contributed by atoms with Gasteiger partial charge in [-0.25, -0.2) is 4.57 Å². The number of likely N-dealkylation sites (N-methyl/N-ethyl adjacent to an activating group) is 1. The average Bonchev–Trinajstić information content (AvgIpc) is 2.00. The van der Waals surface area contributed by atoms with Gasteiger partial charge in [0.2, 0.25) is 5.91 Å². The fourth-order valence-corrected chi connectivity index (χ4v) is 0.678. The van der Waals surface area contributed by atoms with Crippen molar-refractivity contribution in [1.82, 2.24) is 5.32 Å². The van der Waals surface area contributed by atoms with E-state index in [1.165, 1.54) is 7.05 Å². The van der Waals surface area contributed by atoms with Crippen LogP contribution in [0.1, 0.15) is 12.8 Å². The van der Waals surface area contributed by atoms with Crippen LogP contribution in [0.15, 0.2) is 0 Å². The summed E-state index contributed by atoms with van der Waals surface area (Å²) < 4.78 is 8.88. The minimum atomic E-state index is -4.64. The standard InChI is InChI=1S/C6H12N2O3.H3O4P/c1-8-4(6(10)11)2-3-5(7)9;1-5(2,3)4/h4,8H,2-3H2,1H3,(H2,7,9)(H,10,11);(H3,1,2,3,4)/t4-;/m0./s1. The molecule has 0 aromatic carbocycles. The predicted molar refractivity (Wildman–Crippen MR) is 53.2 cm³/mol. The van der Waals surface area contributed by atoms with Crippen molar-refractivity contribution in [2.24, 2.45) is 5.73 Å². The third-order valence-corrected chi connectivity index (χ3v) is 1.33. The fraction of sp³-hybridized carbons (Fsp3) is 0.667. The van der Waals surface area contributed by atoms with E-state index in [9.17, 15) is 9.59 Å². The van der Waals surface area contributed by atoms with Gasteiger partial charge in [0, 0.05) is 6.42 Å². The molecule has 0 aliphatic carbocycles. The van der Waals surface area contributed by atoms with Crippen LogP contribution in [0.5, 0.6) is 0 Å². The minimum absolute atomic E-state index is 0.0950. The quantitative estimate of drug-likeness (QED) is 0.307. The van der Waals surface area contributed by atoms with Gasteiger partial charge in [0.25, 0.3) is 0 Å². The third kappa shape index (κ3) is 18.7. The van der Waals surface area contributed by atoms with Gasteiger partial charge in [-0.05, 0) is 13.5 Å². The molecule has 0 aliphatic rings. The fourth-order valence-electron chi connectivity index (χ4n) is 0.678. The van der Waals surface area contributed by atoms with E-state index in [1.807, 2.05) is 0 Å². The first-order valence-corrected chi connectivity index (χ1v) is 5.61. The summed E-state index contributed by atoms with van der Waals surface area (Å²) in [6.45, 7) is 0. The van der Waals surface area contributed by atoms with Crippen LogP contribution in [0.3, 0.4) is 0 Å². The van der Waals surface area contributed by atoms with E-state index >= 15 is 0 Å². The van der Waals surface area contributed by atoms with Crippen molar-refractivity contribution in [3.8, 4) is 0 Å². The zero-order valence-electron chi connectivity index (χ0n) is 8.53. The molecule has 0 aromatic heterocycles. The molecule has 1 amide bonds. The van der Waals surface area contributed by atoms with Gasteiger partial charge in [-0.1, -0.05) is 0 Å². The number of carbonyl (C=O) groups excluding carboxylic acids is 1. The molecular weight excluding hydrogens is 243 g/mol. The Balaban J connectivity index is 0. The van der Waals surface area contributed by atoms with Gasteiger partial charge in [0.05, 0.1) is 0 Å². The molecule has 96 valence electrons. The van der Waals surface area contributed by atoms with Crippen LogP contribution in [-0.2, 0) is 14.2 Å². The first-order valence-electron chi connectivity index (χ1n) is 4.04. The van der Waals surface area contributed by atoms with Crippen molar-refractivity contribution >= 4 is 19.7 Å². The average molecular weight is 258 g/mol. The number of aliphatic carboxylic acids is 1. The van der Waals surface area contributed by atoms with Crippen LogP contribution >= 0.6 is 7.82 Å². The van der Waals surface area contributed by atoms with Crippen molar-refractivity contribution < 1.29 is 33.9 Å². The molecule has 16 heavy (non-hydrogen) atoms. The molecule has 0 spiro atoms. The number of carbonyl (C=O) groups is 2. The summed E-state index contributed by atoms with van der Waals surface area (Å²) in [5.74, 6) is -1.44. The Labute approximate surface area is 91.5 Å². The van der Waals surface area contributed by atoms with Gasteiger partial charge in [0.1, 0.15) is 6.04 Å². The highest BCUT2D eigenvalue weighted by molar-refractivity contribution is 7.45. The molecule has 7 N–H and O–H groups in total. The number of primary amides is 1. The normalized spacial score (nSPS) is 12.2. The monoisotopic (exact) mass is 258 g/mol. The maximum absolute atomic E-state index is 10.3. The van der Waals surface area contributed by atoms with Gasteiger partial charge in [-0.3, -0.25) is 9.59 Å². The second-order valence-electron chi connectivity index (χ2n) is 2.70. The van der Waals surface area contributed by atoms with Crippen LogP contribution in [0.25, 0.3) is 0 Å². The van der Waals surface area contributed by atoms with Crippen LogP contribution in [0.2, 0.25) is 0 Å². The number of nitrogens with one attached hydrogen (secondary N) is 1. The highest BCUT2D eigenvalue weighted by Crippen LogP contribution is 2.25. The molecule has 9 nitrogen and oxygen atoms in total. The molecular formula is C6H15N2O7P. The lowest BCUT2D eigenvalue weighted by Gasteiger charge is -2.08. The number of carboxylic acids is 1. The summed E-state index contributed by atoms with van der Waals surface area (Å²) in [6, 6.07) is -0.678. The molecule has 0 fully saturated rings. The molecule has 10 heteroatoms. The summed E-state index contributed by atoms with van der Waals surface area (Å²) in [7, 11) is -3.11. The first-order chi connectivity index (χ1) is 7.07. The van der Waals surface area contributed by atoms with Gasteiger partial charge in [0.15, 0.2) is 0 Å². The molecule has 0 aromatic rings. The maximum Gasteiger partial charge on any atom is 0.466 e. The van der Waals surface area contributed by atoms with E-state index in [1.54, 1.807) is 0 Å². The molecule has 0 heterocycles. The zero-order valence-corrected chi connectivity index (χ0v) is 9.42. The number of phosphoric acid groups is 1. The van der Waals surface area contributed by atoms with Gasteiger partial charge < -0.3 is 30.8 Å². The van der Waals surface area contributed by atoms with Crippen LogP contribution in [0.4, 0.5) is 0 Å². The molecule has 0 unspecified atom stereocenters. The Morgan fingerprint density at radius 2 is 1.75 bits per heavy atom. The number of carboxylic acid groups (broad SMARTS) is 1. The Bertz CT molecular complexity index is 268. The summed E-state index contributed by atoms with van der Waals surface area (Å²) in [5.41, 5.74) is 4.84. The van der Waals surface area contributed by atoms with Crippen molar-refractivity contribution in [1.29, 1.82) is 0 Å². The molecule has 0 rings (SSSR count). The highest BCUT2D eigenvalue weighted by atomic mass is 31.2. The highest BCUT2D eigenvalue weighted by Gasteiger charge is 2.14. The van der Waals surface area contributed by atoms with Crippen molar-refractivity contribution in [3.63, 3.8) is 0 Å². The van der Waals surface area contributed by atoms with Crippen LogP contribution < -0.4 is 11.1 Å². The second-order valence-corrected chi connectivity index (χ2v) is 3.72. The summed E-state index contributed by atoms with van der Waals surface area (Å²) in [6.07, 6.45) is 0.332. The lowest BCUT2D eigenvalue weighted by Crippen LogP contribution is -2.34. The Morgan fingerprint density at radius 3 is 1.94 bits per heavy atom. The van der Waals surface area contributed by atoms with E-state index in [-0.39, 0.29) is 12.8 Å². The molecule has 0 radical (unpaired) electrons. The van der Waals surface area contributed by atoms with E-state index in [4.69, 9.17) is 30.1 Å². The molecule has 1 atom stereocenters. The lowest BCUT2D eigenvalue weighted by atomic mass is 10.1. The largest absolute Gasteiger partial charge is 0.480 e. The van der Waals surface area contributed by atoms with Crippen LogP contribution in [0, 0.1) is 0 Å². The molecule has 0 saturated heterocycles. The topological polar surface area (TPSA) is 170 Å². The van der Waals surface area contributed by atoms with E-state index in [2.05, 4.69) is 5.32 Å². The maximum atomic E-state index is 10.3. The predicted octanol–water partition coefficient (Wildman–Crippen LogP) is -2.00. The minimum Gasteiger partial charge on any atom is -0.480 e. The summed E-state index contributed by atoms with van der Waals surface area (Å²) >= 11 is 0. The Kier molecular flexibility index (Phi) is 8.92. The SMILES string of the molecule is CN[C@@H](CCC(N)=O)C(=O)O.O=P(O)(O)O. The smallest absolute Gasteiger partial charge is 0.466 e. The van der Waals surface area contributed by atoms with Crippen molar-refractivity contribution in [2.45, 2.75) is 18.9 Å². The zero-order chi connectivity index (χ0) is 13.4. The number of amides is 1. The number of hydrogen-bond donors (Lipinski definition) is 6. The molecule has 0 bridgehead atoms.